The van der Waals surface area contributed by atoms with Gasteiger partial charge < -0.3 is 20.8 Å². The number of nitrogens with one attached hydrogen (secondary N) is 2. The van der Waals surface area contributed by atoms with Crippen molar-refractivity contribution in [1.29, 1.82) is 0 Å². The quantitative estimate of drug-likeness (QED) is 0.388. The molecular formula is C7H16N2O2. The third-order valence-corrected chi connectivity index (χ3v) is 2.42. The number of aliphatic hydroxyl groups excluding tert-OH is 2. The molecule has 1 saturated carbocycles. The van der Waals surface area contributed by atoms with E-state index in [2.05, 4.69) is 10.6 Å². The first-order chi connectivity index (χ1) is 5.20. The molecule has 0 radical (unpaired) electrons. The average Bonchev–Trinajstić information content (AvgIpc) is 2.30. The van der Waals surface area contributed by atoms with Gasteiger partial charge in [-0.3, -0.25) is 0 Å². The van der Waals surface area contributed by atoms with Gasteiger partial charge in [-0.05, 0) is 20.5 Å². The van der Waals surface area contributed by atoms with Crippen molar-refractivity contribution in [3.05, 3.63) is 0 Å². The van der Waals surface area contributed by atoms with Crippen molar-refractivity contribution >= 4 is 0 Å². The van der Waals surface area contributed by atoms with Crippen molar-refractivity contribution in [2.24, 2.45) is 0 Å². The van der Waals surface area contributed by atoms with E-state index < -0.39 is 12.2 Å². The lowest BCUT2D eigenvalue weighted by Gasteiger charge is -2.15. The van der Waals surface area contributed by atoms with Gasteiger partial charge in [0.05, 0.1) is 12.2 Å². The Labute approximate surface area is 66.6 Å². The Hall–Kier alpha value is -0.160. The van der Waals surface area contributed by atoms with Crippen LogP contribution in [0.25, 0.3) is 0 Å². The fourth-order valence-corrected chi connectivity index (χ4v) is 1.61. The second-order valence-electron chi connectivity index (χ2n) is 3.01. The highest BCUT2D eigenvalue weighted by molar-refractivity contribution is 4.97. The summed E-state index contributed by atoms with van der Waals surface area (Å²) in [4.78, 5) is 0. The molecule has 4 atom stereocenters. The molecule has 1 aliphatic carbocycles. The Morgan fingerprint density at radius 3 is 1.55 bits per heavy atom. The smallest absolute Gasteiger partial charge is 0.0967 e. The van der Waals surface area contributed by atoms with Gasteiger partial charge >= 0.3 is 0 Å². The highest BCUT2D eigenvalue weighted by atomic mass is 16.3. The fourth-order valence-electron chi connectivity index (χ4n) is 1.61. The topological polar surface area (TPSA) is 64.5 Å². The van der Waals surface area contributed by atoms with Gasteiger partial charge in [0.25, 0.3) is 0 Å². The van der Waals surface area contributed by atoms with Gasteiger partial charge in [-0.1, -0.05) is 0 Å². The Morgan fingerprint density at radius 1 is 1.00 bits per heavy atom. The molecule has 1 aliphatic rings. The molecule has 0 aromatic rings. The minimum Gasteiger partial charge on any atom is -0.389 e. The Balaban J connectivity index is 2.53. The van der Waals surface area contributed by atoms with E-state index in [0.717, 1.165) is 6.42 Å². The van der Waals surface area contributed by atoms with E-state index in [1.807, 2.05) is 0 Å². The van der Waals surface area contributed by atoms with E-state index in [9.17, 15) is 10.2 Å². The van der Waals surface area contributed by atoms with Crippen LogP contribution in [0.1, 0.15) is 6.42 Å². The van der Waals surface area contributed by atoms with Crippen LogP contribution in [0.5, 0.6) is 0 Å². The van der Waals surface area contributed by atoms with E-state index in [0.29, 0.717) is 0 Å². The van der Waals surface area contributed by atoms with Crippen molar-refractivity contribution in [1.82, 2.24) is 10.6 Å². The molecule has 66 valence electrons. The molecule has 0 aromatic heterocycles. The van der Waals surface area contributed by atoms with Crippen molar-refractivity contribution in [3.8, 4) is 0 Å². The third-order valence-electron chi connectivity index (χ3n) is 2.42. The zero-order valence-electron chi connectivity index (χ0n) is 6.91. The van der Waals surface area contributed by atoms with Crippen molar-refractivity contribution in [3.63, 3.8) is 0 Å². The normalized spacial score (nSPS) is 44.7. The van der Waals surface area contributed by atoms with Crippen LogP contribution < -0.4 is 10.6 Å². The van der Waals surface area contributed by atoms with E-state index in [4.69, 9.17) is 0 Å². The number of rotatable bonds is 2. The van der Waals surface area contributed by atoms with Crippen LogP contribution in [0, 0.1) is 0 Å². The molecule has 4 N–H and O–H groups in total. The lowest BCUT2D eigenvalue weighted by Crippen LogP contribution is -2.40. The molecular weight excluding hydrogens is 144 g/mol. The van der Waals surface area contributed by atoms with Crippen molar-refractivity contribution in [2.75, 3.05) is 14.1 Å². The molecule has 11 heavy (non-hydrogen) atoms. The summed E-state index contributed by atoms with van der Waals surface area (Å²) in [7, 11) is 3.58. The van der Waals surface area contributed by atoms with E-state index in [1.165, 1.54) is 0 Å². The van der Waals surface area contributed by atoms with Crippen molar-refractivity contribution < 1.29 is 10.2 Å². The van der Waals surface area contributed by atoms with Crippen LogP contribution in [0.2, 0.25) is 0 Å². The van der Waals surface area contributed by atoms with Gasteiger partial charge in [0.15, 0.2) is 0 Å². The third kappa shape index (κ3) is 1.54. The zero-order valence-corrected chi connectivity index (χ0v) is 6.91. The minimum atomic E-state index is -0.641. The van der Waals surface area contributed by atoms with Crippen LogP contribution in [0.3, 0.4) is 0 Å². The first-order valence-electron chi connectivity index (χ1n) is 3.91. The molecule has 0 unspecified atom stereocenters. The minimum absolute atomic E-state index is 0.0162. The molecule has 4 nitrogen and oxygen atoms in total. The SMILES string of the molecule is CN[C@H]1C[C@H](NC)[C@@H](O)[C@@H]1O. The zero-order chi connectivity index (χ0) is 8.43. The van der Waals surface area contributed by atoms with Gasteiger partial charge in [-0.2, -0.15) is 0 Å². The molecule has 0 aromatic carbocycles. The molecule has 0 amide bonds. The second kappa shape index (κ2) is 3.49. The van der Waals surface area contributed by atoms with Gasteiger partial charge in [-0.25, -0.2) is 0 Å². The molecule has 1 rings (SSSR count). The summed E-state index contributed by atoms with van der Waals surface area (Å²) in [5.74, 6) is 0. The van der Waals surface area contributed by atoms with Crippen LogP contribution in [0.15, 0.2) is 0 Å². The van der Waals surface area contributed by atoms with Crippen LogP contribution in [-0.2, 0) is 0 Å². The van der Waals surface area contributed by atoms with E-state index in [-0.39, 0.29) is 12.1 Å². The van der Waals surface area contributed by atoms with Gasteiger partial charge in [0.1, 0.15) is 0 Å². The maximum atomic E-state index is 9.41. The fraction of sp³-hybridized carbons (Fsp3) is 1.00. The molecule has 0 bridgehead atoms. The van der Waals surface area contributed by atoms with Gasteiger partial charge in [-0.15, -0.1) is 0 Å². The summed E-state index contributed by atoms with van der Waals surface area (Å²) >= 11 is 0. The summed E-state index contributed by atoms with van der Waals surface area (Å²) in [5.41, 5.74) is 0. The second-order valence-corrected chi connectivity index (χ2v) is 3.01. The van der Waals surface area contributed by atoms with Gasteiger partial charge in [0, 0.05) is 12.1 Å². The van der Waals surface area contributed by atoms with Crippen LogP contribution >= 0.6 is 0 Å². The van der Waals surface area contributed by atoms with E-state index >= 15 is 0 Å². The monoisotopic (exact) mass is 160 g/mol. The standard InChI is InChI=1S/C7H16N2O2/c1-8-4-3-5(9-2)7(11)6(4)10/h4-11H,3H2,1-2H3/t4-,5-,6+,7+/m0/s1. The number of aliphatic hydroxyl groups is 2. The number of likely N-dealkylation sites (N-methyl/N-ethyl adjacent to an activating group) is 2. The maximum Gasteiger partial charge on any atom is 0.0967 e. The lowest BCUT2D eigenvalue weighted by molar-refractivity contribution is 0.0214. The first-order valence-corrected chi connectivity index (χ1v) is 3.91. The summed E-state index contributed by atoms with van der Waals surface area (Å²) in [6, 6.07) is 0.0323. The summed E-state index contributed by atoms with van der Waals surface area (Å²) in [5, 5.41) is 24.7. The number of hydrogen-bond acceptors (Lipinski definition) is 4. The lowest BCUT2D eigenvalue weighted by atomic mass is 10.2. The Bertz CT molecular complexity index is 114. The summed E-state index contributed by atoms with van der Waals surface area (Å²) in [6.45, 7) is 0. The largest absolute Gasteiger partial charge is 0.389 e. The highest BCUT2D eigenvalue weighted by Gasteiger charge is 2.39. The molecule has 0 aliphatic heterocycles. The van der Waals surface area contributed by atoms with Gasteiger partial charge in [0.2, 0.25) is 0 Å². The molecule has 0 spiro atoms. The van der Waals surface area contributed by atoms with Crippen LogP contribution in [-0.4, -0.2) is 48.6 Å². The summed E-state index contributed by atoms with van der Waals surface area (Å²) in [6.07, 6.45) is -0.509. The predicted octanol–water partition coefficient (Wildman–Crippen LogP) is -1.71. The highest BCUT2D eigenvalue weighted by Crippen LogP contribution is 2.19. The van der Waals surface area contributed by atoms with Crippen LogP contribution in [0.4, 0.5) is 0 Å². The maximum absolute atomic E-state index is 9.41. The average molecular weight is 160 g/mol. The predicted molar refractivity (Wildman–Crippen MR) is 42.3 cm³/mol. The molecule has 4 heteroatoms. The molecule has 1 fully saturated rings. The Kier molecular flexibility index (Phi) is 2.84. The van der Waals surface area contributed by atoms with Crippen molar-refractivity contribution in [2.45, 2.75) is 30.7 Å². The number of hydrogen-bond donors (Lipinski definition) is 4. The van der Waals surface area contributed by atoms with E-state index in [1.54, 1.807) is 14.1 Å². The molecule has 0 saturated heterocycles. The first kappa shape index (κ1) is 8.93. The Morgan fingerprint density at radius 2 is 1.36 bits per heavy atom. The molecule has 0 heterocycles. The summed E-state index contributed by atoms with van der Waals surface area (Å²) < 4.78 is 0.